The summed E-state index contributed by atoms with van der Waals surface area (Å²) in [6, 6.07) is 0.637. The lowest BCUT2D eigenvalue weighted by atomic mass is 9.97. The van der Waals surface area contributed by atoms with Gasteiger partial charge in [-0.25, -0.2) is 4.79 Å². The van der Waals surface area contributed by atoms with Crippen LogP contribution in [0.5, 0.6) is 0 Å². The van der Waals surface area contributed by atoms with Gasteiger partial charge in [-0.05, 0) is 44.0 Å². The third kappa shape index (κ3) is 3.70. The molecule has 1 aromatic heterocycles. The van der Waals surface area contributed by atoms with Crippen molar-refractivity contribution in [2.24, 2.45) is 0 Å². The van der Waals surface area contributed by atoms with Gasteiger partial charge in [0.2, 0.25) is 0 Å². The van der Waals surface area contributed by atoms with Crippen LogP contribution in [0.3, 0.4) is 0 Å². The van der Waals surface area contributed by atoms with Crippen LogP contribution in [0.4, 0.5) is 4.79 Å². The monoisotopic (exact) mass is 332 g/mol. The minimum atomic E-state index is 0.133. The predicted molar refractivity (Wildman–Crippen MR) is 92.7 cm³/mol. The molecule has 6 heteroatoms. The Bertz CT molecular complexity index is 584. The van der Waals surface area contributed by atoms with E-state index in [9.17, 15) is 4.79 Å². The maximum absolute atomic E-state index is 12.7. The second kappa shape index (κ2) is 7.49. The van der Waals surface area contributed by atoms with Crippen molar-refractivity contribution in [1.29, 1.82) is 0 Å². The predicted octanol–water partition coefficient (Wildman–Crippen LogP) is 1.73. The van der Waals surface area contributed by atoms with Crippen molar-refractivity contribution in [3.8, 4) is 0 Å². The van der Waals surface area contributed by atoms with Crippen molar-refractivity contribution < 1.29 is 9.53 Å². The van der Waals surface area contributed by atoms with Gasteiger partial charge in [-0.1, -0.05) is 0 Å². The molecule has 0 radical (unpaired) electrons. The van der Waals surface area contributed by atoms with E-state index in [1.807, 2.05) is 22.2 Å². The molecule has 0 saturated carbocycles. The Morgan fingerprint density at radius 3 is 2.71 bits per heavy atom. The van der Waals surface area contributed by atoms with Crippen LogP contribution < -0.4 is 0 Å². The van der Waals surface area contributed by atoms with Crippen molar-refractivity contribution in [1.82, 2.24) is 19.7 Å². The normalized spacial score (nSPS) is 18.2. The molecule has 2 aliphatic rings. The summed E-state index contributed by atoms with van der Waals surface area (Å²) in [7, 11) is 2.14. The number of pyridine rings is 1. The second-order valence-electron chi connectivity index (χ2n) is 7.00. The number of carbonyl (C=O) groups is 1. The zero-order valence-electron chi connectivity index (χ0n) is 15.0. The van der Waals surface area contributed by atoms with Crippen molar-refractivity contribution in [2.75, 3.05) is 39.9 Å². The van der Waals surface area contributed by atoms with E-state index in [2.05, 4.69) is 30.8 Å². The minimum absolute atomic E-state index is 0.133. The molecule has 6 nitrogen and oxygen atoms in total. The van der Waals surface area contributed by atoms with Crippen LogP contribution in [0.15, 0.2) is 12.4 Å². The van der Waals surface area contributed by atoms with E-state index in [0.29, 0.717) is 38.9 Å². The number of urea groups is 1. The molecule has 0 bridgehead atoms. The molecule has 0 aliphatic carbocycles. The second-order valence-corrected chi connectivity index (χ2v) is 7.00. The van der Waals surface area contributed by atoms with Crippen molar-refractivity contribution in [3.63, 3.8) is 0 Å². The number of fused-ring (bicyclic) bond motifs is 1. The number of ether oxygens (including phenoxy) is 1. The first-order valence-electron chi connectivity index (χ1n) is 8.82. The maximum atomic E-state index is 12.7. The van der Waals surface area contributed by atoms with Gasteiger partial charge in [0.1, 0.15) is 0 Å². The Morgan fingerprint density at radius 2 is 2.00 bits per heavy atom. The zero-order chi connectivity index (χ0) is 17.1. The summed E-state index contributed by atoms with van der Waals surface area (Å²) in [5.41, 5.74) is 3.86. The first-order chi connectivity index (χ1) is 11.6. The van der Waals surface area contributed by atoms with Gasteiger partial charge in [-0.2, -0.15) is 0 Å². The van der Waals surface area contributed by atoms with Crippen LogP contribution in [0, 0.1) is 0 Å². The largest absolute Gasteiger partial charge is 0.378 e. The first kappa shape index (κ1) is 17.2. The molecule has 24 heavy (non-hydrogen) atoms. The van der Waals surface area contributed by atoms with E-state index in [4.69, 9.17) is 4.74 Å². The molecular weight excluding hydrogens is 304 g/mol. The molecule has 0 spiro atoms. The Balaban J connectivity index is 1.71. The van der Waals surface area contributed by atoms with Crippen LogP contribution >= 0.6 is 0 Å². The molecule has 0 unspecified atom stereocenters. The van der Waals surface area contributed by atoms with Gasteiger partial charge in [0, 0.05) is 51.2 Å². The number of morpholine rings is 1. The number of aromatic nitrogens is 1. The third-order valence-electron chi connectivity index (χ3n) is 5.08. The Labute approximate surface area is 144 Å². The summed E-state index contributed by atoms with van der Waals surface area (Å²) in [6.07, 6.45) is 4.82. The fourth-order valence-corrected chi connectivity index (χ4v) is 3.27. The highest BCUT2D eigenvalue weighted by atomic mass is 16.5. The average Bonchev–Trinajstić information content (AvgIpc) is 2.61. The van der Waals surface area contributed by atoms with E-state index in [1.165, 1.54) is 16.7 Å². The topological polar surface area (TPSA) is 48.9 Å². The summed E-state index contributed by atoms with van der Waals surface area (Å²) >= 11 is 0. The average molecular weight is 332 g/mol. The molecule has 1 aromatic rings. The number of amides is 2. The van der Waals surface area contributed by atoms with Gasteiger partial charge in [0.15, 0.2) is 0 Å². The number of hydrogen-bond acceptors (Lipinski definition) is 4. The highest BCUT2D eigenvalue weighted by molar-refractivity contribution is 5.75. The Hall–Kier alpha value is -1.66. The molecule has 1 saturated heterocycles. The van der Waals surface area contributed by atoms with E-state index in [1.54, 1.807) is 0 Å². The van der Waals surface area contributed by atoms with Crippen LogP contribution in [0.2, 0.25) is 0 Å². The van der Waals surface area contributed by atoms with Crippen molar-refractivity contribution in [2.45, 2.75) is 39.4 Å². The summed E-state index contributed by atoms with van der Waals surface area (Å²) < 4.78 is 5.34. The highest BCUT2D eigenvalue weighted by Gasteiger charge is 2.27. The number of nitrogens with zero attached hydrogens (tertiary/aromatic N) is 4. The van der Waals surface area contributed by atoms with E-state index >= 15 is 0 Å². The van der Waals surface area contributed by atoms with Gasteiger partial charge in [-0.3, -0.25) is 9.88 Å². The molecular formula is C18H28N4O2. The molecule has 2 amide bonds. The summed E-state index contributed by atoms with van der Waals surface area (Å²) in [5, 5.41) is 0. The maximum Gasteiger partial charge on any atom is 0.320 e. The van der Waals surface area contributed by atoms with E-state index in [-0.39, 0.29) is 6.03 Å². The fraction of sp³-hybridized carbons (Fsp3) is 0.667. The summed E-state index contributed by atoms with van der Waals surface area (Å²) in [4.78, 5) is 23.3. The van der Waals surface area contributed by atoms with Crippen LogP contribution in [-0.2, 0) is 24.2 Å². The van der Waals surface area contributed by atoms with Gasteiger partial charge in [0.25, 0.3) is 0 Å². The number of carbonyl (C=O) groups excluding carboxylic acids is 1. The lowest BCUT2D eigenvalue weighted by Gasteiger charge is -2.36. The minimum Gasteiger partial charge on any atom is -0.378 e. The molecule has 3 heterocycles. The van der Waals surface area contributed by atoms with Crippen LogP contribution in [0.25, 0.3) is 0 Å². The van der Waals surface area contributed by atoms with Crippen molar-refractivity contribution in [3.05, 3.63) is 29.1 Å². The summed E-state index contributed by atoms with van der Waals surface area (Å²) in [6.45, 7) is 9.43. The van der Waals surface area contributed by atoms with Crippen LogP contribution in [0.1, 0.15) is 30.5 Å². The molecule has 0 N–H and O–H groups in total. The first-order valence-corrected chi connectivity index (χ1v) is 8.82. The van der Waals surface area contributed by atoms with Crippen LogP contribution in [-0.4, -0.2) is 71.7 Å². The molecule has 3 rings (SSSR count). The van der Waals surface area contributed by atoms with Gasteiger partial charge in [0.05, 0.1) is 13.2 Å². The molecule has 0 atom stereocenters. The van der Waals surface area contributed by atoms with E-state index < -0.39 is 0 Å². The zero-order valence-corrected chi connectivity index (χ0v) is 15.0. The SMILES string of the molecule is CC(C)N(C)Cc1cncc2c1CCN(C(=O)N1CCOCC1)C2. The third-order valence-corrected chi connectivity index (χ3v) is 5.08. The molecule has 132 valence electrons. The molecule has 0 aromatic carbocycles. The number of rotatable bonds is 3. The standard InChI is InChI=1S/C18H28N4O2/c1-14(2)20(3)12-15-10-19-11-16-13-22(5-4-17(15)16)18(23)21-6-8-24-9-7-21/h10-11,14H,4-9,12-13H2,1-3H3. The van der Waals surface area contributed by atoms with Gasteiger partial charge >= 0.3 is 6.03 Å². The lowest BCUT2D eigenvalue weighted by Crippen LogP contribution is -2.49. The lowest BCUT2D eigenvalue weighted by molar-refractivity contribution is 0.0421. The Kier molecular flexibility index (Phi) is 5.36. The fourth-order valence-electron chi connectivity index (χ4n) is 3.27. The number of hydrogen-bond donors (Lipinski definition) is 0. The van der Waals surface area contributed by atoms with Gasteiger partial charge < -0.3 is 14.5 Å². The van der Waals surface area contributed by atoms with Crippen molar-refractivity contribution >= 4 is 6.03 Å². The molecule has 2 aliphatic heterocycles. The smallest absolute Gasteiger partial charge is 0.320 e. The molecule has 1 fully saturated rings. The quantitative estimate of drug-likeness (QED) is 0.846. The van der Waals surface area contributed by atoms with Gasteiger partial charge in [-0.15, -0.1) is 0 Å². The summed E-state index contributed by atoms with van der Waals surface area (Å²) in [5.74, 6) is 0. The van der Waals surface area contributed by atoms with E-state index in [0.717, 1.165) is 19.5 Å². The highest BCUT2D eigenvalue weighted by Crippen LogP contribution is 2.24. The Morgan fingerprint density at radius 1 is 1.25 bits per heavy atom.